The van der Waals surface area contributed by atoms with Crippen molar-refractivity contribution in [1.82, 2.24) is 4.90 Å². The van der Waals surface area contributed by atoms with Gasteiger partial charge in [-0.1, -0.05) is 56.3 Å². The van der Waals surface area contributed by atoms with Gasteiger partial charge in [-0.25, -0.2) is 5.26 Å². The Morgan fingerprint density at radius 3 is 2.28 bits per heavy atom. The Labute approximate surface area is 167 Å². The second kappa shape index (κ2) is 5.89. The Kier molecular flexibility index (Phi) is 3.62. The fraction of sp³-hybridized carbons (Fsp3) is 0.217. The number of hydrogen-bond donors (Lipinski definition) is 1. The number of benzene rings is 3. The van der Waals surface area contributed by atoms with E-state index in [2.05, 4.69) is 0 Å². The second-order valence-corrected chi connectivity index (χ2v) is 7.81. The van der Waals surface area contributed by atoms with Gasteiger partial charge in [-0.2, -0.15) is 4.89 Å². The molecular weight excluding hydrogens is 368 g/mol. The Hall–Kier alpha value is -3.22. The second-order valence-electron chi connectivity index (χ2n) is 7.81. The van der Waals surface area contributed by atoms with Crippen LogP contribution in [0.1, 0.15) is 51.6 Å². The van der Waals surface area contributed by atoms with Gasteiger partial charge < -0.3 is 0 Å². The maximum Gasteiger partial charge on any atom is 0.288 e. The lowest BCUT2D eigenvalue weighted by atomic mass is 9.85. The summed E-state index contributed by atoms with van der Waals surface area (Å²) in [4.78, 5) is 34.9. The molecule has 1 N–H and O–H groups in total. The van der Waals surface area contributed by atoms with E-state index >= 15 is 0 Å². The van der Waals surface area contributed by atoms with Crippen molar-refractivity contribution in [2.75, 3.05) is 11.9 Å². The quantitative estimate of drug-likeness (QED) is 0.525. The SMILES string of the molecule is CC(C)c1cccc2c1N1C(=O)c3cccc4cccc(c34)[C@@]1(OO)N(C)C2=O. The summed E-state index contributed by atoms with van der Waals surface area (Å²) in [5.41, 5.74) is 2.79. The average molecular weight is 388 g/mol. The molecule has 0 aliphatic carbocycles. The van der Waals surface area contributed by atoms with Crippen molar-refractivity contribution >= 4 is 28.3 Å². The zero-order chi connectivity index (χ0) is 20.5. The van der Waals surface area contributed by atoms with Crippen LogP contribution >= 0.6 is 0 Å². The normalized spacial score (nSPS) is 20.3. The van der Waals surface area contributed by atoms with Crippen molar-refractivity contribution in [3.63, 3.8) is 0 Å². The van der Waals surface area contributed by atoms with Gasteiger partial charge in [0.1, 0.15) is 0 Å². The summed E-state index contributed by atoms with van der Waals surface area (Å²) in [6, 6.07) is 16.4. The Bertz CT molecular complexity index is 1200. The summed E-state index contributed by atoms with van der Waals surface area (Å²) in [5.74, 6) is -2.37. The van der Waals surface area contributed by atoms with Gasteiger partial charge in [-0.15, -0.1) is 0 Å². The molecule has 6 heteroatoms. The molecular formula is C23H20N2O4. The minimum atomic E-state index is -1.78. The van der Waals surface area contributed by atoms with Crippen LogP contribution in [0.4, 0.5) is 5.69 Å². The largest absolute Gasteiger partial charge is 0.289 e. The highest BCUT2D eigenvalue weighted by Crippen LogP contribution is 2.51. The predicted octanol–water partition coefficient (Wildman–Crippen LogP) is 4.31. The van der Waals surface area contributed by atoms with E-state index < -0.39 is 5.85 Å². The van der Waals surface area contributed by atoms with Crippen molar-refractivity contribution in [3.05, 3.63) is 76.9 Å². The zero-order valence-electron chi connectivity index (χ0n) is 16.3. The lowest BCUT2D eigenvalue weighted by Crippen LogP contribution is -2.66. The topological polar surface area (TPSA) is 70.1 Å². The molecule has 0 spiro atoms. The molecule has 0 fully saturated rings. The van der Waals surface area contributed by atoms with Gasteiger partial charge in [-0.3, -0.25) is 19.4 Å². The highest BCUT2D eigenvalue weighted by Gasteiger charge is 2.58. The third-order valence-electron chi connectivity index (χ3n) is 6.02. The van der Waals surface area contributed by atoms with E-state index in [4.69, 9.17) is 4.89 Å². The zero-order valence-corrected chi connectivity index (χ0v) is 16.3. The van der Waals surface area contributed by atoms with Crippen LogP contribution in [0.5, 0.6) is 0 Å². The summed E-state index contributed by atoms with van der Waals surface area (Å²) in [5, 5.41) is 11.7. The maximum absolute atomic E-state index is 13.8. The van der Waals surface area contributed by atoms with E-state index in [1.807, 2.05) is 50.2 Å². The van der Waals surface area contributed by atoms with Gasteiger partial charge in [0.2, 0.25) is 0 Å². The van der Waals surface area contributed by atoms with Crippen LogP contribution in [0.25, 0.3) is 10.8 Å². The van der Waals surface area contributed by atoms with E-state index in [1.54, 1.807) is 18.2 Å². The van der Waals surface area contributed by atoms with Crippen LogP contribution < -0.4 is 4.90 Å². The number of rotatable bonds is 2. The molecule has 2 aliphatic rings. The first-order valence-corrected chi connectivity index (χ1v) is 9.54. The van der Waals surface area contributed by atoms with Gasteiger partial charge in [0.05, 0.1) is 11.3 Å². The van der Waals surface area contributed by atoms with Crippen molar-refractivity contribution < 1.29 is 19.7 Å². The smallest absolute Gasteiger partial charge is 0.288 e. The minimum Gasteiger partial charge on any atom is -0.289 e. The van der Waals surface area contributed by atoms with E-state index in [-0.39, 0.29) is 17.7 Å². The fourth-order valence-electron chi connectivity index (χ4n) is 4.67. The predicted molar refractivity (Wildman–Crippen MR) is 109 cm³/mol. The van der Waals surface area contributed by atoms with E-state index in [9.17, 15) is 14.8 Å². The number of nitrogens with zero attached hydrogens (tertiary/aromatic N) is 2. The molecule has 5 rings (SSSR count). The highest BCUT2D eigenvalue weighted by atomic mass is 17.1. The van der Waals surface area contributed by atoms with Crippen molar-refractivity contribution in [2.24, 2.45) is 0 Å². The number of carbonyl (C=O) groups excluding carboxylic acids is 2. The summed E-state index contributed by atoms with van der Waals surface area (Å²) in [7, 11) is 1.54. The molecule has 6 nitrogen and oxygen atoms in total. The molecule has 2 aliphatic heterocycles. The first-order valence-electron chi connectivity index (χ1n) is 9.54. The van der Waals surface area contributed by atoms with E-state index in [1.165, 1.54) is 16.8 Å². The van der Waals surface area contributed by atoms with E-state index in [0.717, 1.165) is 10.9 Å². The number of anilines is 1. The van der Waals surface area contributed by atoms with Crippen molar-refractivity contribution in [1.29, 1.82) is 0 Å². The molecule has 0 saturated carbocycles. The summed E-state index contributed by atoms with van der Waals surface area (Å²) in [6.45, 7) is 4.01. The van der Waals surface area contributed by atoms with Crippen LogP contribution in [-0.2, 0) is 10.7 Å². The van der Waals surface area contributed by atoms with Crippen molar-refractivity contribution in [2.45, 2.75) is 25.6 Å². The molecule has 3 aromatic carbocycles. The summed E-state index contributed by atoms with van der Waals surface area (Å²) >= 11 is 0. The van der Waals surface area contributed by atoms with Gasteiger partial charge in [-0.05, 0) is 29.0 Å². The highest BCUT2D eigenvalue weighted by molar-refractivity contribution is 6.21. The van der Waals surface area contributed by atoms with Crippen LogP contribution in [0, 0.1) is 0 Å². The maximum atomic E-state index is 13.8. The molecule has 0 bridgehead atoms. The first kappa shape index (κ1) is 17.8. The summed E-state index contributed by atoms with van der Waals surface area (Å²) in [6.07, 6.45) is 0. The third-order valence-corrected chi connectivity index (χ3v) is 6.02. The number of carbonyl (C=O) groups is 2. The molecule has 3 aromatic rings. The fourth-order valence-corrected chi connectivity index (χ4v) is 4.67. The Morgan fingerprint density at radius 2 is 1.59 bits per heavy atom. The first-order chi connectivity index (χ1) is 13.9. The third kappa shape index (κ3) is 2.02. The molecule has 0 radical (unpaired) electrons. The van der Waals surface area contributed by atoms with Crippen LogP contribution in [0.3, 0.4) is 0 Å². The molecule has 0 saturated heterocycles. The lowest BCUT2D eigenvalue weighted by molar-refractivity contribution is -0.360. The Balaban J connectivity index is 1.97. The van der Waals surface area contributed by atoms with E-state index in [0.29, 0.717) is 27.8 Å². The molecule has 1 atom stereocenters. The van der Waals surface area contributed by atoms with Crippen LogP contribution in [-0.4, -0.2) is 29.0 Å². The lowest BCUT2D eigenvalue weighted by Gasteiger charge is -2.52. The van der Waals surface area contributed by atoms with Crippen molar-refractivity contribution in [3.8, 4) is 0 Å². The Morgan fingerprint density at radius 1 is 0.931 bits per heavy atom. The molecule has 29 heavy (non-hydrogen) atoms. The van der Waals surface area contributed by atoms with Crippen LogP contribution in [0.15, 0.2) is 54.6 Å². The van der Waals surface area contributed by atoms with Gasteiger partial charge in [0.25, 0.3) is 17.7 Å². The monoisotopic (exact) mass is 388 g/mol. The molecule has 146 valence electrons. The standard InChI is InChI=1S/C23H20N2O4/c1-13(2)15-9-6-11-17-20(15)25-22(27)16-10-4-7-14-8-5-12-18(19(14)16)23(25,29-28)24(3)21(17)26/h4-13,28H,1-3H3/t23-/m1/s1. The average Bonchev–Trinajstić information content (AvgIpc) is 2.74. The van der Waals surface area contributed by atoms with Gasteiger partial charge in [0.15, 0.2) is 0 Å². The molecule has 0 aromatic heterocycles. The number of amides is 2. The molecule has 2 amide bonds. The minimum absolute atomic E-state index is 0.0540. The molecule has 2 heterocycles. The number of fused-ring (bicyclic) bond motifs is 4. The van der Waals surface area contributed by atoms with Gasteiger partial charge in [0, 0.05) is 23.6 Å². The van der Waals surface area contributed by atoms with Crippen LogP contribution in [0.2, 0.25) is 0 Å². The molecule has 0 unspecified atom stereocenters. The summed E-state index contributed by atoms with van der Waals surface area (Å²) < 4.78 is 0. The number of hydrogen-bond acceptors (Lipinski definition) is 4. The van der Waals surface area contributed by atoms with Gasteiger partial charge >= 0.3 is 0 Å². The number of para-hydroxylation sites is 1.